The molecule has 0 bridgehead atoms. The molecule has 3 rings (SSSR count). The summed E-state index contributed by atoms with van der Waals surface area (Å²) in [7, 11) is 0. The molecule has 3 aromatic rings. The van der Waals surface area contributed by atoms with E-state index < -0.39 is 21.2 Å². The van der Waals surface area contributed by atoms with Crippen LogP contribution < -0.4 is 0 Å². The van der Waals surface area contributed by atoms with Crippen LogP contribution in [0, 0.1) is 20.2 Å². The van der Waals surface area contributed by atoms with Crippen LogP contribution in [0.2, 0.25) is 0 Å². The summed E-state index contributed by atoms with van der Waals surface area (Å²) in [6.07, 6.45) is 0. The Bertz CT molecular complexity index is 804. The lowest BCUT2D eigenvalue weighted by Gasteiger charge is -1.96. The molecule has 0 amide bonds. The first-order valence-electron chi connectivity index (χ1n) is 6.66. The van der Waals surface area contributed by atoms with E-state index in [0.29, 0.717) is 20.9 Å². The molecular formula is C16H10N2O4S. The molecule has 0 radical (unpaired) electrons. The third-order valence-electron chi connectivity index (χ3n) is 3.30. The molecule has 23 heavy (non-hydrogen) atoms. The highest BCUT2D eigenvalue weighted by Crippen LogP contribution is 2.51. The van der Waals surface area contributed by atoms with Crippen LogP contribution in [0.1, 0.15) is 0 Å². The zero-order valence-corrected chi connectivity index (χ0v) is 12.5. The first-order valence-corrected chi connectivity index (χ1v) is 7.47. The molecule has 6 nitrogen and oxygen atoms in total. The predicted molar refractivity (Wildman–Crippen MR) is 88.5 cm³/mol. The van der Waals surface area contributed by atoms with Crippen molar-refractivity contribution in [3.8, 4) is 20.9 Å². The van der Waals surface area contributed by atoms with Gasteiger partial charge in [0.15, 0.2) is 0 Å². The highest BCUT2D eigenvalue weighted by Gasteiger charge is 2.37. The average molecular weight is 326 g/mol. The summed E-state index contributed by atoms with van der Waals surface area (Å²) in [5, 5.41) is 22.9. The van der Waals surface area contributed by atoms with Crippen molar-refractivity contribution in [1.29, 1.82) is 0 Å². The van der Waals surface area contributed by atoms with Crippen LogP contribution in [-0.2, 0) is 0 Å². The SMILES string of the molecule is O=[N+]([O-])c1c(-c2ccccc2)sc(-c2ccccc2)c1[N+](=O)[O-]. The summed E-state index contributed by atoms with van der Waals surface area (Å²) >= 11 is 1.07. The van der Waals surface area contributed by atoms with Gasteiger partial charge in [0.1, 0.15) is 9.75 Å². The number of nitrogens with zero attached hydrogens (tertiary/aromatic N) is 2. The van der Waals surface area contributed by atoms with Crippen LogP contribution in [0.25, 0.3) is 20.9 Å². The summed E-state index contributed by atoms with van der Waals surface area (Å²) in [6.45, 7) is 0. The van der Waals surface area contributed by atoms with Crippen molar-refractivity contribution < 1.29 is 9.85 Å². The average Bonchev–Trinajstić information content (AvgIpc) is 2.97. The Balaban J connectivity index is 2.34. The van der Waals surface area contributed by atoms with E-state index >= 15 is 0 Å². The number of benzene rings is 2. The molecule has 0 N–H and O–H groups in total. The number of hydrogen-bond donors (Lipinski definition) is 0. The van der Waals surface area contributed by atoms with E-state index in [1.54, 1.807) is 60.7 Å². The van der Waals surface area contributed by atoms with Crippen LogP contribution in [0.4, 0.5) is 11.4 Å². The van der Waals surface area contributed by atoms with Gasteiger partial charge in [-0.1, -0.05) is 60.7 Å². The van der Waals surface area contributed by atoms with Crippen LogP contribution in [0.15, 0.2) is 60.7 Å². The fourth-order valence-corrected chi connectivity index (χ4v) is 3.57. The second-order valence-electron chi connectivity index (χ2n) is 4.70. The lowest BCUT2D eigenvalue weighted by molar-refractivity contribution is -0.420. The largest absolute Gasteiger partial charge is 0.365 e. The van der Waals surface area contributed by atoms with E-state index in [4.69, 9.17) is 0 Å². The van der Waals surface area contributed by atoms with Crippen molar-refractivity contribution in [2.24, 2.45) is 0 Å². The fraction of sp³-hybridized carbons (Fsp3) is 0. The molecule has 0 aliphatic carbocycles. The van der Waals surface area contributed by atoms with E-state index in [1.807, 2.05) is 0 Å². The van der Waals surface area contributed by atoms with Crippen LogP contribution in [0.3, 0.4) is 0 Å². The van der Waals surface area contributed by atoms with Gasteiger partial charge in [-0.15, -0.1) is 11.3 Å². The Labute approximate surface area is 134 Å². The van der Waals surface area contributed by atoms with Crippen LogP contribution in [0.5, 0.6) is 0 Å². The van der Waals surface area contributed by atoms with E-state index in [-0.39, 0.29) is 0 Å². The second-order valence-corrected chi connectivity index (χ2v) is 5.72. The smallest absolute Gasteiger partial charge is 0.258 e. The van der Waals surface area contributed by atoms with E-state index in [0.717, 1.165) is 11.3 Å². The minimum atomic E-state index is -0.677. The van der Waals surface area contributed by atoms with Crippen molar-refractivity contribution in [1.82, 2.24) is 0 Å². The second kappa shape index (κ2) is 5.98. The van der Waals surface area contributed by atoms with Crippen LogP contribution >= 0.6 is 11.3 Å². The normalized spacial score (nSPS) is 10.4. The molecule has 1 aromatic heterocycles. The van der Waals surface area contributed by atoms with Gasteiger partial charge in [-0.25, -0.2) is 0 Å². The summed E-state index contributed by atoms with van der Waals surface area (Å²) in [6, 6.07) is 17.4. The van der Waals surface area contributed by atoms with Gasteiger partial charge in [0.25, 0.3) is 0 Å². The van der Waals surface area contributed by atoms with Crippen molar-refractivity contribution in [2.45, 2.75) is 0 Å². The summed E-state index contributed by atoms with van der Waals surface area (Å²) in [4.78, 5) is 22.2. The van der Waals surface area contributed by atoms with Gasteiger partial charge < -0.3 is 0 Å². The number of rotatable bonds is 4. The Kier molecular flexibility index (Phi) is 3.86. The maximum absolute atomic E-state index is 11.5. The molecule has 0 saturated heterocycles. The summed E-state index contributed by atoms with van der Waals surface area (Å²) in [5.74, 6) is 0. The molecule has 0 atom stereocenters. The van der Waals surface area contributed by atoms with Crippen LogP contribution in [-0.4, -0.2) is 9.85 Å². The highest BCUT2D eigenvalue weighted by atomic mass is 32.1. The molecule has 2 aromatic carbocycles. The summed E-state index contributed by atoms with van der Waals surface area (Å²) in [5.41, 5.74) is 0.277. The maximum Gasteiger partial charge on any atom is 0.365 e. The van der Waals surface area contributed by atoms with Gasteiger partial charge in [0.2, 0.25) is 0 Å². The predicted octanol–water partition coefficient (Wildman–Crippen LogP) is 4.90. The zero-order valence-electron chi connectivity index (χ0n) is 11.7. The van der Waals surface area contributed by atoms with Crippen molar-refractivity contribution in [2.75, 3.05) is 0 Å². The first kappa shape index (κ1) is 14.9. The van der Waals surface area contributed by atoms with Gasteiger partial charge in [-0.2, -0.15) is 0 Å². The maximum atomic E-state index is 11.5. The molecule has 1 heterocycles. The van der Waals surface area contributed by atoms with Crippen molar-refractivity contribution in [3.05, 3.63) is 80.9 Å². The molecule has 7 heteroatoms. The zero-order chi connectivity index (χ0) is 16.4. The quantitative estimate of drug-likeness (QED) is 0.504. The van der Waals surface area contributed by atoms with Gasteiger partial charge >= 0.3 is 11.4 Å². The van der Waals surface area contributed by atoms with E-state index in [9.17, 15) is 20.2 Å². The Morgan fingerprint density at radius 2 is 1.00 bits per heavy atom. The Hall–Kier alpha value is -3.06. The number of nitro groups is 2. The molecular weight excluding hydrogens is 316 g/mol. The van der Waals surface area contributed by atoms with Gasteiger partial charge in [0.05, 0.1) is 9.85 Å². The monoisotopic (exact) mass is 326 g/mol. The standard InChI is InChI=1S/C16H10N2O4S/c19-17(20)13-14(18(21)22)16(12-9-5-2-6-10-12)23-15(13)11-7-3-1-4-8-11/h1-10H. The van der Waals surface area contributed by atoms with E-state index in [1.165, 1.54) is 0 Å². The first-order chi connectivity index (χ1) is 11.1. The Morgan fingerprint density at radius 3 is 1.30 bits per heavy atom. The van der Waals surface area contributed by atoms with Crippen molar-refractivity contribution >= 4 is 22.7 Å². The number of thiophene rings is 1. The molecule has 0 aliphatic heterocycles. The summed E-state index contributed by atoms with van der Waals surface area (Å²) < 4.78 is 0. The minimum Gasteiger partial charge on any atom is -0.258 e. The highest BCUT2D eigenvalue weighted by molar-refractivity contribution is 7.20. The van der Waals surface area contributed by atoms with Gasteiger partial charge in [0, 0.05) is 0 Å². The molecule has 0 unspecified atom stereocenters. The molecule has 0 aliphatic rings. The third kappa shape index (κ3) is 2.69. The van der Waals surface area contributed by atoms with Crippen molar-refractivity contribution in [3.63, 3.8) is 0 Å². The Morgan fingerprint density at radius 1 is 0.652 bits per heavy atom. The lowest BCUT2D eigenvalue weighted by Crippen LogP contribution is -1.95. The topological polar surface area (TPSA) is 86.3 Å². The third-order valence-corrected chi connectivity index (χ3v) is 4.56. The molecule has 114 valence electrons. The minimum absolute atomic E-state index is 0.293. The molecule has 0 fully saturated rings. The lowest BCUT2D eigenvalue weighted by atomic mass is 10.1. The van der Waals surface area contributed by atoms with E-state index in [2.05, 4.69) is 0 Å². The number of hydrogen-bond acceptors (Lipinski definition) is 5. The van der Waals surface area contributed by atoms with Gasteiger partial charge in [-0.05, 0) is 11.1 Å². The molecule has 0 spiro atoms. The van der Waals surface area contributed by atoms with Gasteiger partial charge in [-0.3, -0.25) is 20.2 Å². The fourth-order valence-electron chi connectivity index (χ4n) is 2.32. The molecule has 0 saturated carbocycles.